The Morgan fingerprint density at radius 1 is 1.13 bits per heavy atom. The maximum Gasteiger partial charge on any atom is 0.271 e. The van der Waals surface area contributed by atoms with Crippen molar-refractivity contribution in [1.82, 2.24) is 9.21 Å². The summed E-state index contributed by atoms with van der Waals surface area (Å²) in [4.78, 5) is 24.6. The van der Waals surface area contributed by atoms with E-state index in [1.807, 2.05) is 4.90 Å². The highest BCUT2D eigenvalue weighted by molar-refractivity contribution is 7.89. The Balaban J connectivity index is 1.61. The molecule has 2 aromatic carbocycles. The first-order valence-electron chi connectivity index (χ1n) is 9.23. The SMILES string of the molecule is C[C@@H](C(=O)Nc1cccc([N+](=O)[O-])c1)N1CCN(S(=O)(=O)c2cccc(F)c2)CC1. The van der Waals surface area contributed by atoms with Gasteiger partial charge in [0.25, 0.3) is 5.69 Å². The van der Waals surface area contributed by atoms with Crippen LogP contribution in [0.3, 0.4) is 0 Å². The molecule has 1 atom stereocenters. The molecule has 3 rings (SSSR count). The number of nitrogens with zero attached hydrogens (tertiary/aromatic N) is 3. The number of benzene rings is 2. The van der Waals surface area contributed by atoms with E-state index in [1.165, 1.54) is 40.7 Å². The predicted molar refractivity (Wildman–Crippen MR) is 108 cm³/mol. The van der Waals surface area contributed by atoms with Crippen molar-refractivity contribution in [2.75, 3.05) is 31.5 Å². The van der Waals surface area contributed by atoms with Gasteiger partial charge in [0.15, 0.2) is 0 Å². The fraction of sp³-hybridized carbons (Fsp3) is 0.316. The van der Waals surface area contributed by atoms with E-state index in [0.717, 1.165) is 6.07 Å². The van der Waals surface area contributed by atoms with Crippen molar-refractivity contribution >= 4 is 27.3 Å². The number of nitro groups is 1. The highest BCUT2D eigenvalue weighted by Crippen LogP contribution is 2.20. The van der Waals surface area contributed by atoms with Gasteiger partial charge in [0.2, 0.25) is 15.9 Å². The number of nitrogens with one attached hydrogen (secondary N) is 1. The fourth-order valence-corrected chi connectivity index (χ4v) is 4.67. The molecule has 160 valence electrons. The maximum atomic E-state index is 13.4. The van der Waals surface area contributed by atoms with Crippen LogP contribution in [0.5, 0.6) is 0 Å². The summed E-state index contributed by atoms with van der Waals surface area (Å²) in [6.45, 7) is 2.64. The largest absolute Gasteiger partial charge is 0.324 e. The van der Waals surface area contributed by atoms with E-state index in [0.29, 0.717) is 18.8 Å². The molecule has 0 saturated carbocycles. The number of halogens is 1. The standard InChI is InChI=1S/C19H21FN4O5S/c1-14(19(25)21-16-5-3-6-17(13-16)24(26)27)22-8-10-23(11-9-22)30(28,29)18-7-2-4-15(20)12-18/h2-7,12-14H,8-11H2,1H3,(H,21,25)/t14-/m0/s1. The quantitative estimate of drug-likeness (QED) is 0.548. The normalized spacial score (nSPS) is 16.7. The number of hydrogen-bond acceptors (Lipinski definition) is 6. The molecule has 1 aliphatic rings. The van der Waals surface area contributed by atoms with Gasteiger partial charge in [0.05, 0.1) is 15.9 Å². The molecule has 1 amide bonds. The molecule has 11 heteroatoms. The van der Waals surface area contributed by atoms with Crippen molar-refractivity contribution in [2.45, 2.75) is 17.9 Å². The summed E-state index contributed by atoms with van der Waals surface area (Å²) in [5, 5.41) is 13.5. The van der Waals surface area contributed by atoms with Gasteiger partial charge in [-0.2, -0.15) is 4.31 Å². The van der Waals surface area contributed by atoms with E-state index in [9.17, 15) is 27.7 Å². The first-order chi connectivity index (χ1) is 14.2. The van der Waals surface area contributed by atoms with Gasteiger partial charge >= 0.3 is 0 Å². The van der Waals surface area contributed by atoms with Crippen molar-refractivity contribution in [1.29, 1.82) is 0 Å². The Bertz CT molecular complexity index is 1050. The van der Waals surface area contributed by atoms with Crippen molar-refractivity contribution < 1.29 is 22.5 Å². The number of rotatable bonds is 6. The molecular formula is C19H21FN4O5S. The highest BCUT2D eigenvalue weighted by atomic mass is 32.2. The van der Waals surface area contributed by atoms with Crippen LogP contribution >= 0.6 is 0 Å². The number of piperazine rings is 1. The fourth-order valence-electron chi connectivity index (χ4n) is 3.22. The number of carbonyl (C=O) groups is 1. The van der Waals surface area contributed by atoms with E-state index < -0.39 is 26.8 Å². The Morgan fingerprint density at radius 3 is 2.43 bits per heavy atom. The summed E-state index contributed by atoms with van der Waals surface area (Å²) in [5.74, 6) is -0.974. The molecule has 9 nitrogen and oxygen atoms in total. The number of non-ortho nitro benzene ring substituents is 1. The van der Waals surface area contributed by atoms with Gasteiger partial charge in [0, 0.05) is 44.0 Å². The van der Waals surface area contributed by atoms with Crippen LogP contribution in [0.2, 0.25) is 0 Å². The molecular weight excluding hydrogens is 415 g/mol. The number of nitro benzene ring substituents is 1. The Labute approximate surface area is 173 Å². The molecule has 1 fully saturated rings. The molecule has 1 heterocycles. The van der Waals surface area contributed by atoms with Crippen LogP contribution in [-0.2, 0) is 14.8 Å². The van der Waals surface area contributed by atoms with Gasteiger partial charge < -0.3 is 5.32 Å². The second-order valence-electron chi connectivity index (χ2n) is 6.87. The van der Waals surface area contributed by atoms with E-state index in [4.69, 9.17) is 0 Å². The molecule has 0 spiro atoms. The molecule has 0 aliphatic carbocycles. The molecule has 1 N–H and O–H groups in total. The van der Waals surface area contributed by atoms with E-state index in [-0.39, 0.29) is 29.6 Å². The summed E-state index contributed by atoms with van der Waals surface area (Å²) in [6, 6.07) is 9.93. The lowest BCUT2D eigenvalue weighted by molar-refractivity contribution is -0.384. The van der Waals surface area contributed by atoms with Crippen molar-refractivity contribution in [3.05, 3.63) is 64.5 Å². The van der Waals surface area contributed by atoms with Crippen LogP contribution in [-0.4, -0.2) is 60.7 Å². The number of anilines is 1. The first-order valence-corrected chi connectivity index (χ1v) is 10.7. The average Bonchev–Trinajstić information content (AvgIpc) is 2.73. The summed E-state index contributed by atoms with van der Waals surface area (Å²) in [7, 11) is -3.81. The molecule has 0 aromatic heterocycles. The minimum atomic E-state index is -3.81. The van der Waals surface area contributed by atoms with Gasteiger partial charge in [-0.05, 0) is 31.2 Å². The Morgan fingerprint density at radius 2 is 1.80 bits per heavy atom. The lowest BCUT2D eigenvalue weighted by Gasteiger charge is -2.36. The van der Waals surface area contributed by atoms with Crippen LogP contribution in [0.4, 0.5) is 15.8 Å². The summed E-state index contributed by atoms with van der Waals surface area (Å²) in [5.41, 5.74) is 0.185. The van der Waals surface area contributed by atoms with E-state index >= 15 is 0 Å². The second-order valence-corrected chi connectivity index (χ2v) is 8.81. The number of hydrogen-bond donors (Lipinski definition) is 1. The minimum Gasteiger partial charge on any atom is -0.324 e. The number of carbonyl (C=O) groups excluding carboxylic acids is 1. The summed E-state index contributed by atoms with van der Waals surface area (Å²) >= 11 is 0. The number of amides is 1. The second kappa shape index (κ2) is 8.86. The molecule has 30 heavy (non-hydrogen) atoms. The zero-order valence-corrected chi connectivity index (χ0v) is 17.0. The van der Waals surface area contributed by atoms with Gasteiger partial charge in [0.1, 0.15) is 5.82 Å². The minimum absolute atomic E-state index is 0.104. The zero-order chi connectivity index (χ0) is 21.9. The lowest BCUT2D eigenvalue weighted by Crippen LogP contribution is -2.53. The van der Waals surface area contributed by atoms with Gasteiger partial charge in [-0.3, -0.25) is 19.8 Å². The highest BCUT2D eigenvalue weighted by Gasteiger charge is 2.32. The molecule has 1 saturated heterocycles. The third-order valence-corrected chi connectivity index (χ3v) is 6.85. The smallest absolute Gasteiger partial charge is 0.271 e. The first kappa shape index (κ1) is 21.8. The van der Waals surface area contributed by atoms with Crippen LogP contribution in [0.15, 0.2) is 53.4 Å². The predicted octanol–water partition coefficient (Wildman–Crippen LogP) is 2.07. The topological polar surface area (TPSA) is 113 Å². The lowest BCUT2D eigenvalue weighted by atomic mass is 10.2. The third kappa shape index (κ3) is 4.81. The van der Waals surface area contributed by atoms with Crippen molar-refractivity contribution in [2.24, 2.45) is 0 Å². The number of sulfonamides is 1. The molecule has 0 radical (unpaired) electrons. The van der Waals surface area contributed by atoms with Crippen LogP contribution in [0, 0.1) is 15.9 Å². The summed E-state index contributed by atoms with van der Waals surface area (Å²) in [6.07, 6.45) is 0. The van der Waals surface area contributed by atoms with Crippen LogP contribution < -0.4 is 5.32 Å². The maximum absolute atomic E-state index is 13.4. The van der Waals surface area contributed by atoms with Crippen molar-refractivity contribution in [3.8, 4) is 0 Å². The van der Waals surface area contributed by atoms with Gasteiger partial charge in [-0.25, -0.2) is 12.8 Å². The van der Waals surface area contributed by atoms with Gasteiger partial charge in [-0.15, -0.1) is 0 Å². The Kier molecular flexibility index (Phi) is 6.44. The van der Waals surface area contributed by atoms with Gasteiger partial charge in [-0.1, -0.05) is 12.1 Å². The van der Waals surface area contributed by atoms with Crippen LogP contribution in [0.1, 0.15) is 6.92 Å². The van der Waals surface area contributed by atoms with Crippen LogP contribution in [0.25, 0.3) is 0 Å². The van der Waals surface area contributed by atoms with Crippen molar-refractivity contribution in [3.63, 3.8) is 0 Å². The molecule has 0 bridgehead atoms. The Hall–Kier alpha value is -2.89. The third-order valence-electron chi connectivity index (χ3n) is 4.96. The summed E-state index contributed by atoms with van der Waals surface area (Å²) < 4.78 is 40.0. The molecule has 2 aromatic rings. The molecule has 1 aliphatic heterocycles. The molecule has 0 unspecified atom stereocenters. The monoisotopic (exact) mass is 436 g/mol. The zero-order valence-electron chi connectivity index (χ0n) is 16.2. The average molecular weight is 436 g/mol. The van der Waals surface area contributed by atoms with E-state index in [2.05, 4.69) is 5.32 Å². The van der Waals surface area contributed by atoms with E-state index in [1.54, 1.807) is 13.0 Å².